The van der Waals surface area contributed by atoms with Crippen LogP contribution in [0.2, 0.25) is 5.28 Å². The molecule has 0 aliphatic heterocycles. The van der Waals surface area contributed by atoms with Crippen molar-refractivity contribution in [3.05, 3.63) is 12.7 Å². The molecule has 0 radical (unpaired) electrons. The molecule has 0 atom stereocenters. The van der Waals surface area contributed by atoms with E-state index in [4.69, 9.17) is 24.1 Å². The lowest BCUT2D eigenvalue weighted by Crippen LogP contribution is -1.54. The zero-order chi connectivity index (χ0) is 9.70. The van der Waals surface area contributed by atoms with E-state index in [9.17, 15) is 0 Å². The van der Waals surface area contributed by atoms with Gasteiger partial charge in [0.05, 0.1) is 0 Å². The third-order valence-electron chi connectivity index (χ3n) is 0.289. The van der Waals surface area contributed by atoms with Gasteiger partial charge in [-0.05, 0) is 0 Å². The molecule has 0 rings (SSSR count). The first-order valence-corrected chi connectivity index (χ1v) is 5.89. The highest BCUT2D eigenvalue weighted by molar-refractivity contribution is 7.38. The maximum atomic E-state index is 8.46. The molecule has 0 aromatic carbocycles. The van der Waals surface area contributed by atoms with Gasteiger partial charge in [0.1, 0.15) is 0 Å². The Hall–Kier alpha value is 1.17. The van der Waals surface area contributed by atoms with E-state index in [0.717, 1.165) is 0 Å². The minimum absolute atomic E-state index is 0. The van der Waals surface area contributed by atoms with Crippen molar-refractivity contribution < 1.29 is 24.1 Å². The van der Waals surface area contributed by atoms with E-state index in [2.05, 4.69) is 6.58 Å². The first-order valence-electron chi connectivity index (χ1n) is 2.51. The minimum Gasteiger partial charge on any atom is -0.328 e. The topological polar surface area (TPSA) is 98.0 Å². The molecule has 72 valence electrons. The van der Waals surface area contributed by atoms with Crippen molar-refractivity contribution in [2.45, 2.75) is 5.28 Å². The highest BCUT2D eigenvalue weighted by Gasteiger charge is 1.76. The first kappa shape index (κ1) is 23.2. The van der Waals surface area contributed by atoms with Crippen LogP contribution in [0.4, 0.5) is 0 Å². The molecule has 0 amide bonds. The van der Waals surface area contributed by atoms with Gasteiger partial charge in [0, 0.05) is 0 Å². The summed E-state index contributed by atoms with van der Waals surface area (Å²) in [6.45, 7) is 3.51. The van der Waals surface area contributed by atoms with Crippen LogP contribution in [-0.2, 0) is 4.57 Å². The lowest BCUT2D eigenvalue weighted by molar-refractivity contribution is 0.368. The smallest absolute Gasteiger partial charge is 0.324 e. The van der Waals surface area contributed by atoms with E-state index in [0.29, 0.717) is 0 Å². The second-order valence-corrected chi connectivity index (χ2v) is 2.56. The molecule has 5 nitrogen and oxygen atoms in total. The van der Waals surface area contributed by atoms with Gasteiger partial charge in [-0.1, -0.05) is 5.28 Å². The molecular formula is C3H14Al2O5P2. The molecule has 4 N–H and O–H groups in total. The van der Waals surface area contributed by atoms with Crippen LogP contribution < -0.4 is 0 Å². The molecule has 0 unspecified atom stereocenters. The van der Waals surface area contributed by atoms with E-state index in [1.807, 2.05) is 6.08 Å². The summed E-state index contributed by atoms with van der Waals surface area (Å²) in [6.07, 6.45) is 1.94. The van der Waals surface area contributed by atoms with Crippen molar-refractivity contribution in [1.29, 1.82) is 0 Å². The molecular weight excluding hydrogens is 232 g/mol. The van der Waals surface area contributed by atoms with Crippen molar-refractivity contribution in [2.75, 3.05) is 0 Å². The van der Waals surface area contributed by atoms with E-state index < -0.39 is 17.3 Å². The standard InChI is InChI=1S/C3H5.2Al.H3O3P.HO2P.5H/c1-3-2;;;1-4(2)3;1-3-2;;;;;/h3H,1-2H2;;;1-3H;(H,1,2);;;;;. The molecule has 0 saturated heterocycles. The van der Waals surface area contributed by atoms with Crippen LogP contribution in [0.15, 0.2) is 12.7 Å². The molecule has 0 heterocycles. The second-order valence-electron chi connectivity index (χ2n) is 1.05. The molecule has 9 heteroatoms. The summed E-state index contributed by atoms with van der Waals surface area (Å²) in [5, 5.41) is 1.22. The van der Waals surface area contributed by atoms with Gasteiger partial charge in [0.2, 0.25) is 16.3 Å². The largest absolute Gasteiger partial charge is 0.328 e. The van der Waals surface area contributed by atoms with Crippen LogP contribution in [0.1, 0.15) is 0 Å². The van der Waals surface area contributed by atoms with Gasteiger partial charge in [0.15, 0.2) is 17.4 Å². The molecule has 0 aliphatic rings. The van der Waals surface area contributed by atoms with Crippen molar-refractivity contribution in [1.82, 2.24) is 0 Å². The van der Waals surface area contributed by atoms with Crippen LogP contribution in [0.5, 0.6) is 0 Å². The molecule has 0 fully saturated rings. The monoisotopic (exact) mass is 246 g/mol. The Labute approximate surface area is 93.0 Å². The van der Waals surface area contributed by atoms with Gasteiger partial charge in [-0.2, -0.15) is 0 Å². The van der Waals surface area contributed by atoms with E-state index >= 15 is 0 Å². The predicted octanol–water partition coefficient (Wildman–Crippen LogP) is -1.58. The predicted molar refractivity (Wildman–Crippen MR) is 56.9 cm³/mol. The highest BCUT2D eigenvalue weighted by Crippen LogP contribution is 2.11. The zero-order valence-electron chi connectivity index (χ0n) is 6.08. The van der Waals surface area contributed by atoms with E-state index in [1.54, 1.807) is 0 Å². The number of hydrogen-bond donors (Lipinski definition) is 4. The average molecular weight is 246 g/mol. The van der Waals surface area contributed by atoms with Crippen molar-refractivity contribution in [2.24, 2.45) is 0 Å². The fourth-order valence-electron chi connectivity index (χ4n) is 0. The summed E-state index contributed by atoms with van der Waals surface area (Å²) < 4.78 is 8.46. The van der Waals surface area contributed by atoms with Gasteiger partial charge in [-0.3, -0.25) is 0 Å². The molecule has 0 aromatic heterocycles. The quantitative estimate of drug-likeness (QED) is 0.254. The molecule has 0 aliphatic carbocycles. The van der Waals surface area contributed by atoms with Crippen LogP contribution in [-0.4, -0.2) is 53.2 Å². The summed E-state index contributed by atoms with van der Waals surface area (Å²) in [7, 11) is -3.45. The van der Waals surface area contributed by atoms with Crippen LogP contribution in [0.3, 0.4) is 0 Å². The third-order valence-corrected chi connectivity index (χ3v) is 0.866. The van der Waals surface area contributed by atoms with Gasteiger partial charge in [-0.15, -0.1) is 12.7 Å². The maximum Gasteiger partial charge on any atom is 0.324 e. The Morgan fingerprint density at radius 3 is 1.58 bits per heavy atom. The summed E-state index contributed by atoms with van der Waals surface area (Å²) in [4.78, 5) is 28.7. The SMILES string of the molecule is C=C[CH2][AlH2].O=PO.OP(O)O.[AlH3]. The van der Waals surface area contributed by atoms with Crippen LogP contribution in [0, 0.1) is 0 Å². The first-order chi connectivity index (χ1) is 5.06. The van der Waals surface area contributed by atoms with Gasteiger partial charge < -0.3 is 19.6 Å². The lowest BCUT2D eigenvalue weighted by Gasteiger charge is -1.76. The zero-order valence-corrected chi connectivity index (χ0v) is 9.87. The van der Waals surface area contributed by atoms with Gasteiger partial charge in [-0.25, -0.2) is 4.57 Å². The molecule has 0 bridgehead atoms. The summed E-state index contributed by atoms with van der Waals surface area (Å²) >= 11 is 1.27. The fourth-order valence-corrected chi connectivity index (χ4v) is 0. The molecule has 12 heavy (non-hydrogen) atoms. The fraction of sp³-hybridized carbons (Fsp3) is 0.333. The van der Waals surface area contributed by atoms with Crippen LogP contribution in [0.25, 0.3) is 0 Å². The molecule has 0 aromatic rings. The Morgan fingerprint density at radius 2 is 1.58 bits per heavy atom. The Morgan fingerprint density at radius 1 is 1.50 bits per heavy atom. The Kier molecular flexibility index (Phi) is 57.1. The second kappa shape index (κ2) is 29.5. The van der Waals surface area contributed by atoms with Crippen molar-refractivity contribution in [3.63, 3.8) is 0 Å². The van der Waals surface area contributed by atoms with Gasteiger partial charge in [0.25, 0.3) is 0 Å². The third kappa shape index (κ3) is 245. The van der Waals surface area contributed by atoms with Gasteiger partial charge >= 0.3 is 17.3 Å². The molecule has 0 saturated carbocycles. The molecule has 0 spiro atoms. The van der Waals surface area contributed by atoms with Crippen LogP contribution >= 0.6 is 17.3 Å². The van der Waals surface area contributed by atoms with E-state index in [-0.39, 0.29) is 17.4 Å². The van der Waals surface area contributed by atoms with Crippen molar-refractivity contribution in [3.8, 4) is 0 Å². The lowest BCUT2D eigenvalue weighted by atomic mass is 10.8. The van der Waals surface area contributed by atoms with Crippen molar-refractivity contribution >= 4 is 50.9 Å². The van der Waals surface area contributed by atoms with E-state index in [1.165, 1.54) is 21.6 Å². The Bertz CT molecular complexity index is 80.3. The summed E-state index contributed by atoms with van der Waals surface area (Å²) in [5.41, 5.74) is 0. The number of hydrogen-bond acceptors (Lipinski definition) is 4. The summed E-state index contributed by atoms with van der Waals surface area (Å²) in [5.74, 6) is 0. The minimum atomic E-state index is -2.62. The maximum absolute atomic E-state index is 8.46. The number of rotatable bonds is 1. The Balaban J connectivity index is -0.0000000389. The average Bonchev–Trinajstić information content (AvgIpc) is 1.88. The number of allylic oxidation sites excluding steroid dienone is 1. The highest BCUT2D eigenvalue weighted by atomic mass is 31.2. The normalized spacial score (nSPS) is 6.75. The summed E-state index contributed by atoms with van der Waals surface area (Å²) in [6, 6.07) is 0.